The summed E-state index contributed by atoms with van der Waals surface area (Å²) >= 11 is 1.59. The molecule has 1 heterocycles. The SMILES string of the molecule is CC(C)NCc1ccc(CSc2ccc([N+](=O)[O-])cc2)o1. The number of rotatable bonds is 7. The van der Waals surface area contributed by atoms with Gasteiger partial charge in [0.1, 0.15) is 11.5 Å². The molecule has 1 N–H and O–H groups in total. The average Bonchev–Trinajstić information content (AvgIpc) is 2.91. The number of nitrogens with zero attached hydrogens (tertiary/aromatic N) is 1. The molecule has 0 aliphatic rings. The Bertz CT molecular complexity index is 593. The first-order chi connectivity index (χ1) is 10.0. The number of nitrogens with one attached hydrogen (secondary N) is 1. The van der Waals surface area contributed by atoms with E-state index in [2.05, 4.69) is 19.2 Å². The smallest absolute Gasteiger partial charge is 0.269 e. The Labute approximate surface area is 127 Å². The van der Waals surface area contributed by atoms with Crippen LogP contribution in [-0.2, 0) is 12.3 Å². The number of nitro groups is 1. The first-order valence-electron chi connectivity index (χ1n) is 6.73. The number of nitro benzene ring substituents is 1. The molecule has 0 aliphatic heterocycles. The molecular formula is C15H18N2O3S. The van der Waals surface area contributed by atoms with Gasteiger partial charge in [0.25, 0.3) is 5.69 Å². The molecule has 0 amide bonds. The Morgan fingerprint density at radius 2 is 1.86 bits per heavy atom. The van der Waals surface area contributed by atoms with Gasteiger partial charge >= 0.3 is 0 Å². The van der Waals surface area contributed by atoms with Crippen molar-refractivity contribution in [3.63, 3.8) is 0 Å². The topological polar surface area (TPSA) is 68.3 Å². The quantitative estimate of drug-likeness (QED) is 0.476. The highest BCUT2D eigenvalue weighted by Gasteiger charge is 2.06. The largest absolute Gasteiger partial charge is 0.464 e. The zero-order chi connectivity index (χ0) is 15.2. The van der Waals surface area contributed by atoms with Crippen LogP contribution in [0.3, 0.4) is 0 Å². The summed E-state index contributed by atoms with van der Waals surface area (Å²) in [5.41, 5.74) is 0.111. The number of furan rings is 1. The second-order valence-electron chi connectivity index (χ2n) is 4.94. The second-order valence-corrected chi connectivity index (χ2v) is 5.99. The van der Waals surface area contributed by atoms with Crippen molar-refractivity contribution in [1.82, 2.24) is 5.32 Å². The van der Waals surface area contributed by atoms with Crippen molar-refractivity contribution in [2.24, 2.45) is 0 Å². The molecule has 2 aromatic rings. The van der Waals surface area contributed by atoms with Crippen molar-refractivity contribution in [3.05, 3.63) is 58.0 Å². The van der Waals surface area contributed by atoms with Crippen molar-refractivity contribution < 1.29 is 9.34 Å². The van der Waals surface area contributed by atoms with E-state index in [0.717, 1.165) is 23.0 Å². The minimum Gasteiger partial charge on any atom is -0.464 e. The van der Waals surface area contributed by atoms with Gasteiger partial charge in [0.15, 0.2) is 0 Å². The Balaban J connectivity index is 1.86. The first kappa shape index (κ1) is 15.6. The van der Waals surface area contributed by atoms with Gasteiger partial charge in [-0.25, -0.2) is 0 Å². The van der Waals surface area contributed by atoms with Crippen LogP contribution in [0.2, 0.25) is 0 Å². The zero-order valence-corrected chi connectivity index (χ0v) is 12.9. The molecule has 21 heavy (non-hydrogen) atoms. The minimum atomic E-state index is -0.394. The average molecular weight is 306 g/mol. The second kappa shape index (κ2) is 7.28. The lowest BCUT2D eigenvalue weighted by Gasteiger charge is -2.05. The summed E-state index contributed by atoms with van der Waals surface area (Å²) < 4.78 is 5.73. The molecule has 0 spiro atoms. The third-order valence-electron chi connectivity index (χ3n) is 2.83. The van der Waals surface area contributed by atoms with Gasteiger partial charge in [0.05, 0.1) is 17.2 Å². The highest BCUT2D eigenvalue weighted by atomic mass is 32.2. The van der Waals surface area contributed by atoms with Crippen LogP contribution in [-0.4, -0.2) is 11.0 Å². The summed E-state index contributed by atoms with van der Waals surface area (Å²) in [5.74, 6) is 2.53. The lowest BCUT2D eigenvalue weighted by molar-refractivity contribution is -0.384. The number of benzene rings is 1. The number of hydrogen-bond acceptors (Lipinski definition) is 5. The molecule has 112 valence electrons. The fourth-order valence-corrected chi connectivity index (χ4v) is 2.51. The molecule has 1 aromatic heterocycles. The maximum atomic E-state index is 10.6. The molecule has 2 rings (SSSR count). The van der Waals surface area contributed by atoms with Crippen LogP contribution in [0.4, 0.5) is 5.69 Å². The third kappa shape index (κ3) is 4.91. The third-order valence-corrected chi connectivity index (χ3v) is 3.86. The number of non-ortho nitro benzene ring substituents is 1. The fourth-order valence-electron chi connectivity index (χ4n) is 1.72. The molecule has 5 nitrogen and oxygen atoms in total. The molecule has 0 aliphatic carbocycles. The molecular weight excluding hydrogens is 288 g/mol. The number of thioether (sulfide) groups is 1. The van der Waals surface area contributed by atoms with Crippen molar-refractivity contribution in [2.45, 2.75) is 37.1 Å². The van der Waals surface area contributed by atoms with E-state index in [-0.39, 0.29) is 5.69 Å². The normalized spacial score (nSPS) is 11.0. The molecule has 0 bridgehead atoms. The standard InChI is InChI=1S/C15H18N2O3S/c1-11(2)16-9-13-5-6-14(20-13)10-21-15-7-3-12(4-8-15)17(18)19/h3-8,11,16H,9-10H2,1-2H3. The van der Waals surface area contributed by atoms with Gasteiger partial charge in [-0.15, -0.1) is 11.8 Å². The lowest BCUT2D eigenvalue weighted by Crippen LogP contribution is -2.21. The highest BCUT2D eigenvalue weighted by Crippen LogP contribution is 2.25. The van der Waals surface area contributed by atoms with Gasteiger partial charge in [-0.05, 0) is 24.3 Å². The number of hydrogen-bond donors (Lipinski definition) is 1. The van der Waals surface area contributed by atoms with E-state index in [4.69, 9.17) is 4.42 Å². The van der Waals surface area contributed by atoms with Crippen LogP contribution >= 0.6 is 11.8 Å². The molecule has 6 heteroatoms. The monoisotopic (exact) mass is 306 g/mol. The lowest BCUT2D eigenvalue weighted by atomic mass is 10.3. The maximum absolute atomic E-state index is 10.6. The first-order valence-corrected chi connectivity index (χ1v) is 7.71. The van der Waals surface area contributed by atoms with Gasteiger partial charge in [-0.2, -0.15) is 0 Å². The molecule has 0 atom stereocenters. The van der Waals surface area contributed by atoms with E-state index >= 15 is 0 Å². The van der Waals surface area contributed by atoms with Crippen LogP contribution in [0.15, 0.2) is 45.7 Å². The van der Waals surface area contributed by atoms with Crippen LogP contribution in [0.1, 0.15) is 25.4 Å². The van der Waals surface area contributed by atoms with Gasteiger partial charge < -0.3 is 9.73 Å². The van der Waals surface area contributed by atoms with Gasteiger partial charge in [-0.1, -0.05) is 13.8 Å². The minimum absolute atomic E-state index is 0.111. The summed E-state index contributed by atoms with van der Waals surface area (Å²) in [6.07, 6.45) is 0. The summed E-state index contributed by atoms with van der Waals surface area (Å²) in [7, 11) is 0. The van der Waals surface area contributed by atoms with Crippen LogP contribution in [0.5, 0.6) is 0 Å². The summed E-state index contributed by atoms with van der Waals surface area (Å²) in [6, 6.07) is 10.9. The van der Waals surface area contributed by atoms with Crippen molar-refractivity contribution in [3.8, 4) is 0 Å². The predicted molar refractivity (Wildman–Crippen MR) is 83.3 cm³/mol. The highest BCUT2D eigenvalue weighted by molar-refractivity contribution is 7.98. The molecule has 0 radical (unpaired) electrons. The van der Waals surface area contributed by atoms with Gasteiger partial charge in [-0.3, -0.25) is 10.1 Å². The Kier molecular flexibility index (Phi) is 5.41. The van der Waals surface area contributed by atoms with Gasteiger partial charge in [0.2, 0.25) is 0 Å². The van der Waals surface area contributed by atoms with E-state index in [1.165, 1.54) is 12.1 Å². The Hall–Kier alpha value is -1.79. The predicted octanol–water partition coefficient (Wildman–Crippen LogP) is 3.98. The molecule has 0 unspecified atom stereocenters. The van der Waals surface area contributed by atoms with E-state index in [0.29, 0.717) is 11.8 Å². The van der Waals surface area contributed by atoms with Gasteiger partial charge in [0, 0.05) is 23.1 Å². The summed E-state index contributed by atoms with van der Waals surface area (Å²) in [5, 5.41) is 13.9. The van der Waals surface area contributed by atoms with Crippen LogP contribution in [0, 0.1) is 10.1 Å². The van der Waals surface area contributed by atoms with Crippen molar-refractivity contribution >= 4 is 17.4 Å². The maximum Gasteiger partial charge on any atom is 0.269 e. The Morgan fingerprint density at radius 1 is 1.19 bits per heavy atom. The summed E-state index contributed by atoms with van der Waals surface area (Å²) in [6.45, 7) is 4.91. The van der Waals surface area contributed by atoms with Crippen molar-refractivity contribution in [1.29, 1.82) is 0 Å². The molecule has 1 aromatic carbocycles. The van der Waals surface area contributed by atoms with E-state index in [1.807, 2.05) is 12.1 Å². The van der Waals surface area contributed by atoms with Crippen LogP contribution in [0.25, 0.3) is 0 Å². The molecule has 0 saturated carbocycles. The fraction of sp³-hybridized carbons (Fsp3) is 0.333. The Morgan fingerprint density at radius 3 is 2.48 bits per heavy atom. The van der Waals surface area contributed by atoms with Crippen LogP contribution < -0.4 is 5.32 Å². The molecule has 0 saturated heterocycles. The van der Waals surface area contributed by atoms with Crippen molar-refractivity contribution in [2.75, 3.05) is 0 Å². The summed E-state index contributed by atoms with van der Waals surface area (Å²) in [4.78, 5) is 11.2. The van der Waals surface area contributed by atoms with E-state index < -0.39 is 4.92 Å². The van der Waals surface area contributed by atoms with E-state index in [1.54, 1.807) is 23.9 Å². The van der Waals surface area contributed by atoms with E-state index in [9.17, 15) is 10.1 Å². The zero-order valence-electron chi connectivity index (χ0n) is 12.0. The molecule has 0 fully saturated rings.